The number of ether oxygens (including phenoxy) is 1. The summed E-state index contributed by atoms with van der Waals surface area (Å²) in [5.74, 6) is -0.925. The molecule has 198 valence electrons. The summed E-state index contributed by atoms with van der Waals surface area (Å²) in [4.78, 5) is 23.3. The van der Waals surface area contributed by atoms with Crippen LogP contribution in [0.2, 0.25) is 0 Å². The van der Waals surface area contributed by atoms with Crippen molar-refractivity contribution in [2.45, 2.75) is 6.54 Å². The number of aromatic nitrogens is 4. The lowest BCUT2D eigenvalue weighted by Crippen LogP contribution is -2.20. The molecular formula is C29H21F2N7O2. The summed E-state index contributed by atoms with van der Waals surface area (Å²) in [5.41, 5.74) is 9.60. The highest BCUT2D eigenvalue weighted by atomic mass is 19.1. The second-order valence-corrected chi connectivity index (χ2v) is 8.72. The number of rotatable bonds is 7. The number of nitrogens with zero attached hydrogens (tertiary/aromatic N) is 5. The third kappa shape index (κ3) is 4.81. The molecule has 0 spiro atoms. The lowest BCUT2D eigenvalue weighted by atomic mass is 9.97. The number of amides is 1. The topological polar surface area (TPSA) is 132 Å². The van der Waals surface area contributed by atoms with Crippen molar-refractivity contribution in [1.29, 1.82) is 5.26 Å². The van der Waals surface area contributed by atoms with Crippen LogP contribution < -0.4 is 15.8 Å². The van der Waals surface area contributed by atoms with Crippen molar-refractivity contribution in [2.75, 3.05) is 5.73 Å². The Kier molecular flexibility index (Phi) is 6.90. The summed E-state index contributed by atoms with van der Waals surface area (Å²) < 4.78 is 36.1. The molecule has 0 radical (unpaired) electrons. The largest absolute Gasteiger partial charge is 0.424 e. The minimum Gasteiger partial charge on any atom is -0.424 e. The summed E-state index contributed by atoms with van der Waals surface area (Å²) in [6.07, 6.45) is 4.51. The van der Waals surface area contributed by atoms with E-state index in [-0.39, 0.29) is 35.4 Å². The smallest absolute Gasteiger partial charge is 0.322 e. The molecule has 0 aliphatic carbocycles. The van der Waals surface area contributed by atoms with E-state index in [4.69, 9.17) is 10.5 Å². The van der Waals surface area contributed by atoms with Gasteiger partial charge in [0.15, 0.2) is 5.82 Å². The molecule has 0 aliphatic rings. The fourth-order valence-electron chi connectivity index (χ4n) is 4.46. The molecule has 0 saturated heterocycles. The first-order valence-electron chi connectivity index (χ1n) is 11.9. The van der Waals surface area contributed by atoms with E-state index in [0.717, 1.165) is 18.5 Å². The molecule has 3 aromatic heterocycles. The molecule has 5 aromatic rings. The molecule has 2 aromatic carbocycles. The summed E-state index contributed by atoms with van der Waals surface area (Å²) >= 11 is 0. The number of halogens is 2. The Bertz CT molecular complexity index is 1810. The predicted molar refractivity (Wildman–Crippen MR) is 145 cm³/mol. The van der Waals surface area contributed by atoms with Gasteiger partial charge >= 0.3 is 6.01 Å². The Morgan fingerprint density at radius 1 is 1.15 bits per heavy atom. The molecular weight excluding hydrogens is 516 g/mol. The number of carbonyl (C=O) groups is 1. The molecule has 3 heterocycles. The molecule has 0 unspecified atom stereocenters. The highest BCUT2D eigenvalue weighted by Gasteiger charge is 2.25. The zero-order chi connectivity index (χ0) is 28.4. The van der Waals surface area contributed by atoms with E-state index in [1.54, 1.807) is 48.0 Å². The molecule has 0 saturated carbocycles. The van der Waals surface area contributed by atoms with Crippen LogP contribution in [0.15, 0.2) is 73.7 Å². The SMILES string of the molecule is C=CC(=O)NCc1ccc(-c2c(-c3ccc(Oc4ncc(F)cn4)cc3)c3c(N)ncc(C#N)c3n2C)c(F)c1. The van der Waals surface area contributed by atoms with E-state index >= 15 is 4.39 Å². The van der Waals surface area contributed by atoms with Crippen LogP contribution in [0.1, 0.15) is 11.1 Å². The number of nitrogens with one attached hydrogen (secondary N) is 1. The molecule has 11 heteroatoms. The number of hydrogen-bond donors (Lipinski definition) is 2. The van der Waals surface area contributed by atoms with Gasteiger partial charge in [0.25, 0.3) is 0 Å². The Balaban J connectivity index is 1.64. The fraction of sp³-hybridized carbons (Fsp3) is 0.0690. The quantitative estimate of drug-likeness (QED) is 0.279. The van der Waals surface area contributed by atoms with E-state index in [9.17, 15) is 14.4 Å². The number of benzene rings is 2. The van der Waals surface area contributed by atoms with Gasteiger partial charge < -0.3 is 20.4 Å². The minimum absolute atomic E-state index is 0.0291. The monoisotopic (exact) mass is 537 g/mol. The van der Waals surface area contributed by atoms with E-state index in [1.165, 1.54) is 12.3 Å². The van der Waals surface area contributed by atoms with Crippen LogP contribution in [-0.4, -0.2) is 25.4 Å². The van der Waals surface area contributed by atoms with Gasteiger partial charge in [-0.1, -0.05) is 24.8 Å². The van der Waals surface area contributed by atoms with Crippen LogP contribution in [-0.2, 0) is 18.4 Å². The Morgan fingerprint density at radius 2 is 1.88 bits per heavy atom. The van der Waals surface area contributed by atoms with Gasteiger partial charge in [0.1, 0.15) is 23.5 Å². The third-order valence-electron chi connectivity index (χ3n) is 6.25. The number of nitrogens with two attached hydrogens (primary N) is 1. The van der Waals surface area contributed by atoms with Crippen molar-refractivity contribution in [3.8, 4) is 40.2 Å². The molecule has 3 N–H and O–H groups in total. The Hall–Kier alpha value is -5.63. The van der Waals surface area contributed by atoms with Gasteiger partial charge in [-0.05, 0) is 41.5 Å². The second-order valence-electron chi connectivity index (χ2n) is 8.72. The maximum atomic E-state index is 15.6. The number of nitriles is 1. The van der Waals surface area contributed by atoms with Crippen LogP contribution in [0.5, 0.6) is 11.8 Å². The molecule has 0 fully saturated rings. The van der Waals surface area contributed by atoms with Gasteiger partial charge in [0.05, 0.1) is 34.6 Å². The molecule has 40 heavy (non-hydrogen) atoms. The lowest BCUT2D eigenvalue weighted by Gasteiger charge is -2.12. The average molecular weight is 538 g/mol. The van der Waals surface area contributed by atoms with Crippen LogP contribution in [0, 0.1) is 23.0 Å². The van der Waals surface area contributed by atoms with Crippen molar-refractivity contribution in [3.63, 3.8) is 0 Å². The first-order valence-corrected chi connectivity index (χ1v) is 11.9. The molecule has 0 atom stereocenters. The van der Waals surface area contributed by atoms with Crippen molar-refractivity contribution in [1.82, 2.24) is 24.8 Å². The number of carbonyl (C=O) groups excluding carboxylic acids is 1. The Morgan fingerprint density at radius 3 is 2.52 bits per heavy atom. The van der Waals surface area contributed by atoms with Gasteiger partial charge in [0, 0.05) is 30.9 Å². The molecule has 1 amide bonds. The molecule has 5 rings (SSSR count). The van der Waals surface area contributed by atoms with E-state index in [1.807, 2.05) is 0 Å². The van der Waals surface area contributed by atoms with Gasteiger partial charge in [0.2, 0.25) is 5.91 Å². The number of fused-ring (bicyclic) bond motifs is 1. The number of pyridine rings is 1. The van der Waals surface area contributed by atoms with Crippen molar-refractivity contribution in [3.05, 3.63) is 96.5 Å². The highest BCUT2D eigenvalue weighted by Crippen LogP contribution is 2.44. The van der Waals surface area contributed by atoms with Crippen LogP contribution in [0.3, 0.4) is 0 Å². The summed E-state index contributed by atoms with van der Waals surface area (Å²) in [6.45, 7) is 3.53. The number of hydrogen-bond acceptors (Lipinski definition) is 7. The lowest BCUT2D eigenvalue weighted by molar-refractivity contribution is -0.116. The highest BCUT2D eigenvalue weighted by molar-refractivity contribution is 6.10. The van der Waals surface area contributed by atoms with Crippen LogP contribution in [0.4, 0.5) is 14.6 Å². The third-order valence-corrected chi connectivity index (χ3v) is 6.25. The first kappa shape index (κ1) is 26.0. The van der Waals surface area contributed by atoms with Gasteiger partial charge in [-0.25, -0.2) is 23.7 Å². The second kappa shape index (κ2) is 10.6. The van der Waals surface area contributed by atoms with E-state index in [2.05, 4.69) is 32.9 Å². The van der Waals surface area contributed by atoms with Crippen molar-refractivity contribution in [2.24, 2.45) is 7.05 Å². The molecule has 9 nitrogen and oxygen atoms in total. The molecule has 0 aliphatic heterocycles. The summed E-state index contributed by atoms with van der Waals surface area (Å²) in [5, 5.41) is 12.9. The minimum atomic E-state index is -0.587. The summed E-state index contributed by atoms with van der Waals surface area (Å²) in [7, 11) is 1.72. The normalized spacial score (nSPS) is 10.8. The summed E-state index contributed by atoms with van der Waals surface area (Å²) in [6, 6.07) is 13.6. The van der Waals surface area contributed by atoms with Crippen molar-refractivity contribution >= 4 is 22.6 Å². The standard InChI is InChI=1S/C29H21F2N7O2/c1-3-23(39)34-12-16-4-9-21(22(31)10-16)27-24(25-26(38(27)2)18(11-32)13-35-28(25)33)17-5-7-20(8-6-17)40-29-36-14-19(30)15-37-29/h3-10,13-15H,1,12H2,2H3,(H2,33,35)(H,34,39). The van der Waals surface area contributed by atoms with Crippen molar-refractivity contribution < 1.29 is 18.3 Å². The molecule has 0 bridgehead atoms. The maximum absolute atomic E-state index is 15.6. The maximum Gasteiger partial charge on any atom is 0.322 e. The first-order chi connectivity index (χ1) is 19.3. The van der Waals surface area contributed by atoms with Crippen LogP contribution in [0.25, 0.3) is 33.3 Å². The zero-order valence-electron chi connectivity index (χ0n) is 21.2. The van der Waals surface area contributed by atoms with Gasteiger partial charge in [-0.15, -0.1) is 0 Å². The fourth-order valence-corrected chi connectivity index (χ4v) is 4.46. The zero-order valence-corrected chi connectivity index (χ0v) is 21.2. The number of aryl methyl sites for hydroxylation is 1. The number of anilines is 1. The average Bonchev–Trinajstić information content (AvgIpc) is 3.27. The predicted octanol–water partition coefficient (Wildman–Crippen LogP) is 5.02. The van der Waals surface area contributed by atoms with Gasteiger partial charge in [-0.2, -0.15) is 5.26 Å². The van der Waals surface area contributed by atoms with E-state index < -0.39 is 11.6 Å². The number of nitrogen functional groups attached to an aromatic ring is 1. The Labute approximate surface area is 227 Å². The van der Waals surface area contributed by atoms with E-state index in [0.29, 0.717) is 39.0 Å². The van der Waals surface area contributed by atoms with Gasteiger partial charge in [-0.3, -0.25) is 4.79 Å². The van der Waals surface area contributed by atoms with Crippen LogP contribution >= 0.6 is 0 Å².